The Hall–Kier alpha value is -4.85. The van der Waals surface area contributed by atoms with Crippen molar-refractivity contribution in [2.24, 2.45) is 5.92 Å². The number of H-pyrrole nitrogens is 2. The van der Waals surface area contributed by atoms with E-state index in [0.29, 0.717) is 5.69 Å². The maximum absolute atomic E-state index is 12.2. The van der Waals surface area contributed by atoms with Crippen molar-refractivity contribution in [3.63, 3.8) is 0 Å². The van der Waals surface area contributed by atoms with Gasteiger partial charge >= 0.3 is 0 Å². The standard InChI is InChI=1S/C28H21N7O/c36-28(16-6-7-16)32-19-9-18(13-30-14-19)24-11-22-26(15-31-24)34-35-27(22)25-10-21-20(4-1-5-23(21)33-25)17-3-2-8-29-12-17/h1-5,8-16,33H,6-7H2,(H,32,36)(H,34,35). The molecule has 0 atom stereocenters. The Labute approximate surface area is 205 Å². The average molecular weight is 472 g/mol. The smallest absolute Gasteiger partial charge is 0.227 e. The molecule has 0 radical (unpaired) electrons. The van der Waals surface area contributed by atoms with E-state index in [9.17, 15) is 4.79 Å². The first-order valence-corrected chi connectivity index (χ1v) is 11.9. The Kier molecular flexibility index (Phi) is 4.63. The lowest BCUT2D eigenvalue weighted by Crippen LogP contribution is -2.13. The summed E-state index contributed by atoms with van der Waals surface area (Å²) < 4.78 is 0. The van der Waals surface area contributed by atoms with Gasteiger partial charge < -0.3 is 10.3 Å². The maximum Gasteiger partial charge on any atom is 0.227 e. The molecule has 8 nitrogen and oxygen atoms in total. The number of amides is 1. The van der Waals surface area contributed by atoms with Crippen LogP contribution in [0.3, 0.4) is 0 Å². The van der Waals surface area contributed by atoms with Crippen molar-refractivity contribution in [1.82, 2.24) is 30.1 Å². The molecule has 0 spiro atoms. The Balaban J connectivity index is 1.28. The van der Waals surface area contributed by atoms with Gasteiger partial charge in [-0.1, -0.05) is 18.2 Å². The molecule has 0 aliphatic heterocycles. The number of pyridine rings is 3. The van der Waals surface area contributed by atoms with E-state index < -0.39 is 0 Å². The van der Waals surface area contributed by atoms with E-state index in [1.54, 1.807) is 24.8 Å². The topological polar surface area (TPSA) is 112 Å². The Bertz CT molecular complexity index is 1750. The number of aromatic nitrogens is 6. The number of benzene rings is 1. The normalized spacial score (nSPS) is 13.3. The summed E-state index contributed by atoms with van der Waals surface area (Å²) in [4.78, 5) is 28.9. The second kappa shape index (κ2) is 8.13. The minimum Gasteiger partial charge on any atom is -0.353 e. The number of fused-ring (bicyclic) bond motifs is 2. The summed E-state index contributed by atoms with van der Waals surface area (Å²) in [5, 5.41) is 12.7. The van der Waals surface area contributed by atoms with Gasteiger partial charge in [0.25, 0.3) is 0 Å². The summed E-state index contributed by atoms with van der Waals surface area (Å²) in [6, 6.07) is 16.2. The molecule has 1 amide bonds. The third-order valence-electron chi connectivity index (χ3n) is 6.59. The molecule has 174 valence electrons. The zero-order chi connectivity index (χ0) is 24.1. The summed E-state index contributed by atoms with van der Waals surface area (Å²) >= 11 is 0. The predicted octanol–water partition coefficient (Wildman–Crippen LogP) is 5.58. The van der Waals surface area contributed by atoms with E-state index in [1.165, 1.54) is 0 Å². The third-order valence-corrected chi connectivity index (χ3v) is 6.59. The highest BCUT2D eigenvalue weighted by molar-refractivity contribution is 6.01. The molecule has 1 aromatic carbocycles. The van der Waals surface area contributed by atoms with Crippen molar-refractivity contribution < 1.29 is 4.79 Å². The van der Waals surface area contributed by atoms with E-state index in [0.717, 1.165) is 68.4 Å². The first kappa shape index (κ1) is 20.5. The summed E-state index contributed by atoms with van der Waals surface area (Å²) in [6.45, 7) is 0. The zero-order valence-corrected chi connectivity index (χ0v) is 19.2. The molecule has 1 aliphatic rings. The number of rotatable bonds is 5. The third kappa shape index (κ3) is 3.60. The largest absolute Gasteiger partial charge is 0.353 e. The minimum absolute atomic E-state index is 0.0546. The molecular weight excluding hydrogens is 450 g/mol. The molecule has 8 heteroatoms. The second-order valence-corrected chi connectivity index (χ2v) is 9.10. The lowest BCUT2D eigenvalue weighted by Gasteiger charge is -2.06. The van der Waals surface area contributed by atoms with E-state index in [2.05, 4.69) is 59.7 Å². The highest BCUT2D eigenvalue weighted by Gasteiger charge is 2.29. The number of carbonyl (C=O) groups is 1. The van der Waals surface area contributed by atoms with Gasteiger partial charge in [-0.2, -0.15) is 5.10 Å². The van der Waals surface area contributed by atoms with Crippen LogP contribution in [0.4, 0.5) is 5.69 Å². The summed E-state index contributed by atoms with van der Waals surface area (Å²) in [6.07, 6.45) is 10.8. The molecule has 36 heavy (non-hydrogen) atoms. The van der Waals surface area contributed by atoms with Gasteiger partial charge in [-0.05, 0) is 48.7 Å². The van der Waals surface area contributed by atoms with Crippen LogP contribution < -0.4 is 5.32 Å². The fourth-order valence-electron chi connectivity index (χ4n) is 4.57. The quantitative estimate of drug-likeness (QED) is 0.304. The molecule has 7 rings (SSSR count). The number of aromatic amines is 2. The first-order chi connectivity index (χ1) is 17.7. The Morgan fingerprint density at radius 2 is 1.81 bits per heavy atom. The van der Waals surface area contributed by atoms with Crippen molar-refractivity contribution in [2.75, 3.05) is 5.32 Å². The van der Waals surface area contributed by atoms with Gasteiger partial charge in [0.1, 0.15) is 5.69 Å². The molecule has 1 saturated carbocycles. The van der Waals surface area contributed by atoms with Gasteiger partial charge in [-0.3, -0.25) is 24.8 Å². The molecular formula is C28H21N7O. The van der Waals surface area contributed by atoms with Gasteiger partial charge in [-0.25, -0.2) is 0 Å². The summed E-state index contributed by atoms with van der Waals surface area (Å²) in [5.74, 6) is 0.186. The molecule has 3 N–H and O–H groups in total. The number of hydrogen-bond acceptors (Lipinski definition) is 5. The van der Waals surface area contributed by atoms with Gasteiger partial charge in [0.05, 0.1) is 35.0 Å². The number of hydrogen-bond donors (Lipinski definition) is 3. The van der Waals surface area contributed by atoms with Crippen LogP contribution in [0, 0.1) is 5.92 Å². The molecule has 1 fully saturated rings. The highest BCUT2D eigenvalue weighted by Crippen LogP contribution is 2.35. The molecule has 0 unspecified atom stereocenters. The number of anilines is 1. The van der Waals surface area contributed by atoms with Crippen LogP contribution in [0.5, 0.6) is 0 Å². The van der Waals surface area contributed by atoms with Crippen molar-refractivity contribution in [1.29, 1.82) is 0 Å². The fraction of sp³-hybridized carbons (Fsp3) is 0.107. The van der Waals surface area contributed by atoms with Crippen LogP contribution in [-0.4, -0.2) is 36.0 Å². The first-order valence-electron chi connectivity index (χ1n) is 11.9. The Morgan fingerprint density at radius 1 is 0.889 bits per heavy atom. The van der Waals surface area contributed by atoms with E-state index in [-0.39, 0.29) is 11.8 Å². The van der Waals surface area contributed by atoms with Crippen molar-refractivity contribution >= 4 is 33.4 Å². The molecule has 5 aromatic heterocycles. The molecule has 6 aromatic rings. The second-order valence-electron chi connectivity index (χ2n) is 9.10. The van der Waals surface area contributed by atoms with Crippen LogP contribution in [0.15, 0.2) is 79.5 Å². The number of nitrogens with one attached hydrogen (secondary N) is 3. The van der Waals surface area contributed by atoms with Crippen LogP contribution in [-0.2, 0) is 4.79 Å². The minimum atomic E-state index is 0.0546. The lowest BCUT2D eigenvalue weighted by molar-refractivity contribution is -0.117. The monoisotopic (exact) mass is 471 g/mol. The van der Waals surface area contributed by atoms with E-state index >= 15 is 0 Å². The van der Waals surface area contributed by atoms with Crippen LogP contribution in [0.1, 0.15) is 12.8 Å². The van der Waals surface area contributed by atoms with Gasteiger partial charge in [0.15, 0.2) is 0 Å². The maximum atomic E-state index is 12.2. The average Bonchev–Trinajstić information content (AvgIpc) is 3.55. The van der Waals surface area contributed by atoms with Crippen molar-refractivity contribution in [3.8, 4) is 33.8 Å². The summed E-state index contributed by atoms with van der Waals surface area (Å²) in [5.41, 5.74) is 8.03. The summed E-state index contributed by atoms with van der Waals surface area (Å²) in [7, 11) is 0. The van der Waals surface area contributed by atoms with Crippen molar-refractivity contribution in [3.05, 3.63) is 79.5 Å². The SMILES string of the molecule is O=C(Nc1cncc(-c2cc3c(-c4cc5c(-c6cccnc6)cccc5[nH]4)n[nH]c3cn2)c1)C1CC1. The highest BCUT2D eigenvalue weighted by atomic mass is 16.2. The number of nitrogens with zero attached hydrogens (tertiary/aromatic N) is 4. The van der Waals surface area contributed by atoms with Crippen LogP contribution >= 0.6 is 0 Å². The van der Waals surface area contributed by atoms with E-state index in [4.69, 9.17) is 0 Å². The molecule has 5 heterocycles. The zero-order valence-electron chi connectivity index (χ0n) is 19.2. The molecule has 1 aliphatic carbocycles. The molecule has 0 bridgehead atoms. The fourth-order valence-corrected chi connectivity index (χ4v) is 4.57. The molecule has 0 saturated heterocycles. The van der Waals surface area contributed by atoms with Gasteiger partial charge in [0.2, 0.25) is 5.91 Å². The van der Waals surface area contributed by atoms with Gasteiger partial charge in [0, 0.05) is 51.9 Å². The van der Waals surface area contributed by atoms with Gasteiger partial charge in [-0.15, -0.1) is 0 Å². The van der Waals surface area contributed by atoms with Crippen LogP contribution in [0.25, 0.3) is 55.6 Å². The number of carbonyl (C=O) groups excluding carboxylic acids is 1. The Morgan fingerprint density at radius 3 is 2.67 bits per heavy atom. The van der Waals surface area contributed by atoms with Crippen LogP contribution in [0.2, 0.25) is 0 Å². The lowest BCUT2D eigenvalue weighted by atomic mass is 10.0. The van der Waals surface area contributed by atoms with E-state index in [1.807, 2.05) is 30.5 Å². The predicted molar refractivity (Wildman–Crippen MR) is 139 cm³/mol. The van der Waals surface area contributed by atoms with Crippen molar-refractivity contribution in [2.45, 2.75) is 12.8 Å².